The van der Waals surface area contributed by atoms with Gasteiger partial charge in [-0.2, -0.15) is 0 Å². The number of nitrogens with two attached hydrogens (primary N) is 1. The van der Waals surface area contributed by atoms with Crippen molar-refractivity contribution in [1.82, 2.24) is 0 Å². The number of sulfone groups is 1. The lowest BCUT2D eigenvalue weighted by Gasteiger charge is -2.42. The molecule has 1 aromatic rings. The summed E-state index contributed by atoms with van der Waals surface area (Å²) in [6, 6.07) is 7.91. The smallest absolute Gasteiger partial charge is 0.157 e. The van der Waals surface area contributed by atoms with Gasteiger partial charge in [-0.15, -0.1) is 0 Å². The molecule has 0 bridgehead atoms. The first kappa shape index (κ1) is 12.9. The quantitative estimate of drug-likeness (QED) is 0.901. The van der Waals surface area contributed by atoms with Crippen molar-refractivity contribution in [2.24, 2.45) is 5.73 Å². The van der Waals surface area contributed by atoms with Crippen LogP contribution in [0.4, 0.5) is 0 Å². The maximum Gasteiger partial charge on any atom is 0.157 e. The molecule has 0 spiro atoms. The van der Waals surface area contributed by atoms with Gasteiger partial charge >= 0.3 is 0 Å². The molecular weight excluding hydrogens is 262 g/mol. The third-order valence-corrected chi connectivity index (χ3v) is 6.09. The first-order chi connectivity index (χ1) is 9.05. The lowest BCUT2D eigenvalue weighted by atomic mass is 9.64. The first-order valence-corrected chi connectivity index (χ1v) is 8.53. The van der Waals surface area contributed by atoms with Crippen molar-refractivity contribution in [2.75, 3.05) is 18.1 Å². The molecule has 0 unspecified atom stereocenters. The number of hydrogen-bond acceptors (Lipinski definition) is 4. The Morgan fingerprint density at radius 2 is 1.95 bits per heavy atom. The van der Waals surface area contributed by atoms with Crippen LogP contribution in [0.1, 0.15) is 24.8 Å². The number of para-hydroxylation sites is 1. The molecule has 1 saturated heterocycles. The fourth-order valence-corrected chi connectivity index (χ4v) is 4.13. The van der Waals surface area contributed by atoms with Crippen LogP contribution in [0.3, 0.4) is 0 Å². The summed E-state index contributed by atoms with van der Waals surface area (Å²) in [6.45, 7) is 0.621. The summed E-state index contributed by atoms with van der Waals surface area (Å²) in [5, 5.41) is 0. The van der Waals surface area contributed by atoms with Crippen LogP contribution in [0.2, 0.25) is 0 Å². The van der Waals surface area contributed by atoms with Gasteiger partial charge in [-0.1, -0.05) is 24.6 Å². The highest BCUT2D eigenvalue weighted by atomic mass is 32.2. The molecule has 1 heterocycles. The van der Waals surface area contributed by atoms with Gasteiger partial charge in [0.05, 0.1) is 11.5 Å². The Bertz CT molecular complexity index is 561. The Kier molecular flexibility index (Phi) is 3.06. The molecule has 19 heavy (non-hydrogen) atoms. The van der Waals surface area contributed by atoms with Crippen molar-refractivity contribution in [2.45, 2.75) is 30.8 Å². The van der Waals surface area contributed by atoms with E-state index in [2.05, 4.69) is 6.07 Å². The normalized spacial score (nSPS) is 24.3. The molecule has 0 atom stereocenters. The third-order valence-electron chi connectivity index (χ3n) is 4.33. The second-order valence-corrected chi connectivity index (χ2v) is 7.80. The second kappa shape index (κ2) is 4.49. The molecular formula is C14H19NO3S. The maximum atomic E-state index is 11.2. The number of benzene rings is 1. The minimum absolute atomic E-state index is 0.0409. The van der Waals surface area contributed by atoms with Gasteiger partial charge in [-0.05, 0) is 18.9 Å². The lowest BCUT2D eigenvalue weighted by Crippen LogP contribution is -2.46. The molecule has 2 fully saturated rings. The predicted molar refractivity (Wildman–Crippen MR) is 74.1 cm³/mol. The molecule has 3 rings (SSSR count). The van der Waals surface area contributed by atoms with Crippen LogP contribution in [0.15, 0.2) is 24.3 Å². The summed E-state index contributed by atoms with van der Waals surface area (Å²) in [7, 11) is -2.85. The SMILES string of the molecule is NCC1(c2ccccc2OC2CS(=O)(=O)C2)CCC1. The van der Waals surface area contributed by atoms with E-state index in [-0.39, 0.29) is 23.0 Å². The van der Waals surface area contributed by atoms with Gasteiger partial charge in [0.25, 0.3) is 0 Å². The van der Waals surface area contributed by atoms with Crippen LogP contribution >= 0.6 is 0 Å². The molecule has 2 N–H and O–H groups in total. The highest BCUT2D eigenvalue weighted by Crippen LogP contribution is 2.46. The third kappa shape index (κ3) is 2.25. The largest absolute Gasteiger partial charge is 0.488 e. The molecule has 0 amide bonds. The summed E-state index contributed by atoms with van der Waals surface area (Å²) in [5.41, 5.74) is 7.13. The molecule has 1 aromatic carbocycles. The van der Waals surface area contributed by atoms with Gasteiger partial charge in [0, 0.05) is 17.5 Å². The minimum atomic E-state index is -2.85. The van der Waals surface area contributed by atoms with Crippen LogP contribution in [-0.2, 0) is 15.3 Å². The molecule has 2 aliphatic rings. The Hall–Kier alpha value is -1.07. The van der Waals surface area contributed by atoms with E-state index in [1.807, 2.05) is 18.2 Å². The Morgan fingerprint density at radius 3 is 2.47 bits per heavy atom. The average molecular weight is 281 g/mol. The van der Waals surface area contributed by atoms with Crippen LogP contribution in [-0.4, -0.2) is 32.6 Å². The first-order valence-electron chi connectivity index (χ1n) is 6.71. The van der Waals surface area contributed by atoms with Gasteiger partial charge in [0.15, 0.2) is 9.84 Å². The predicted octanol–water partition coefficient (Wildman–Crippen LogP) is 1.24. The van der Waals surface area contributed by atoms with E-state index in [9.17, 15) is 8.42 Å². The van der Waals surface area contributed by atoms with Gasteiger partial charge < -0.3 is 10.5 Å². The highest BCUT2D eigenvalue weighted by Gasteiger charge is 2.41. The van der Waals surface area contributed by atoms with E-state index in [0.29, 0.717) is 6.54 Å². The Balaban J connectivity index is 1.82. The number of rotatable bonds is 4. The summed E-state index contributed by atoms with van der Waals surface area (Å²) < 4.78 is 28.3. The van der Waals surface area contributed by atoms with E-state index in [4.69, 9.17) is 10.5 Å². The van der Waals surface area contributed by atoms with E-state index in [1.165, 1.54) is 6.42 Å². The summed E-state index contributed by atoms with van der Waals surface area (Å²) >= 11 is 0. The highest BCUT2D eigenvalue weighted by molar-refractivity contribution is 7.92. The minimum Gasteiger partial charge on any atom is -0.488 e. The van der Waals surface area contributed by atoms with Gasteiger partial charge in [-0.3, -0.25) is 0 Å². The molecule has 5 heteroatoms. The van der Waals surface area contributed by atoms with Gasteiger partial charge in [0.2, 0.25) is 0 Å². The van der Waals surface area contributed by atoms with Crippen molar-refractivity contribution < 1.29 is 13.2 Å². The fraction of sp³-hybridized carbons (Fsp3) is 0.571. The zero-order valence-electron chi connectivity index (χ0n) is 10.8. The Labute approximate surface area is 113 Å². The molecule has 4 nitrogen and oxygen atoms in total. The number of ether oxygens (including phenoxy) is 1. The van der Waals surface area contributed by atoms with E-state index < -0.39 is 9.84 Å². The standard InChI is InChI=1S/C14H19NO3S/c15-10-14(6-3-7-14)12-4-1-2-5-13(12)18-11-8-19(16,17)9-11/h1-2,4-5,11H,3,6-10,15H2. The Morgan fingerprint density at radius 1 is 1.26 bits per heavy atom. The molecule has 0 radical (unpaired) electrons. The van der Waals surface area contributed by atoms with E-state index in [0.717, 1.165) is 24.2 Å². The maximum absolute atomic E-state index is 11.2. The van der Waals surface area contributed by atoms with Crippen LogP contribution in [0.5, 0.6) is 5.75 Å². The second-order valence-electron chi connectivity index (χ2n) is 5.65. The zero-order chi connectivity index (χ0) is 13.5. The van der Waals surface area contributed by atoms with Crippen molar-refractivity contribution >= 4 is 9.84 Å². The van der Waals surface area contributed by atoms with Crippen LogP contribution < -0.4 is 10.5 Å². The van der Waals surface area contributed by atoms with Gasteiger partial charge in [-0.25, -0.2) is 8.42 Å². The summed E-state index contributed by atoms with van der Waals surface area (Å²) in [5.74, 6) is 1.08. The lowest BCUT2D eigenvalue weighted by molar-refractivity contribution is 0.204. The topological polar surface area (TPSA) is 69.4 Å². The van der Waals surface area contributed by atoms with Gasteiger partial charge in [0.1, 0.15) is 11.9 Å². The van der Waals surface area contributed by atoms with Crippen LogP contribution in [0.25, 0.3) is 0 Å². The average Bonchev–Trinajstić information content (AvgIpc) is 2.28. The molecule has 1 saturated carbocycles. The number of hydrogen-bond donors (Lipinski definition) is 1. The zero-order valence-corrected chi connectivity index (χ0v) is 11.7. The molecule has 1 aliphatic carbocycles. The summed E-state index contributed by atoms with van der Waals surface area (Å²) in [4.78, 5) is 0. The monoisotopic (exact) mass is 281 g/mol. The fourth-order valence-electron chi connectivity index (χ4n) is 2.96. The van der Waals surface area contributed by atoms with Crippen molar-refractivity contribution in [3.8, 4) is 5.75 Å². The van der Waals surface area contributed by atoms with Crippen molar-refractivity contribution in [3.63, 3.8) is 0 Å². The van der Waals surface area contributed by atoms with Crippen molar-refractivity contribution in [1.29, 1.82) is 0 Å². The van der Waals surface area contributed by atoms with Crippen molar-refractivity contribution in [3.05, 3.63) is 29.8 Å². The molecule has 0 aromatic heterocycles. The molecule has 1 aliphatic heterocycles. The van der Waals surface area contributed by atoms with E-state index >= 15 is 0 Å². The van der Waals surface area contributed by atoms with E-state index in [1.54, 1.807) is 0 Å². The van der Waals surface area contributed by atoms with Crippen LogP contribution in [0, 0.1) is 0 Å². The molecule has 104 valence electrons. The summed E-state index contributed by atoms with van der Waals surface area (Å²) in [6.07, 6.45) is 3.18.